The lowest BCUT2D eigenvalue weighted by Crippen LogP contribution is -2.40. The number of halogens is 1. The summed E-state index contributed by atoms with van der Waals surface area (Å²) in [6, 6.07) is 0. The molecule has 2 heterocycles. The highest BCUT2D eigenvalue weighted by atomic mass is 79.9. The number of likely N-dealkylation sites (tertiary alicyclic amines) is 1. The maximum Gasteiger partial charge on any atom is 0.244 e. The number of carbonyl (C=O) groups is 1. The second kappa shape index (κ2) is 5.43. The second-order valence-corrected chi connectivity index (χ2v) is 6.00. The van der Waals surface area contributed by atoms with E-state index >= 15 is 0 Å². The van der Waals surface area contributed by atoms with Gasteiger partial charge in [0.2, 0.25) is 5.91 Å². The molecule has 1 saturated heterocycles. The summed E-state index contributed by atoms with van der Waals surface area (Å²) in [5.74, 6) is 0.928. The molecule has 1 aromatic heterocycles. The molecule has 0 spiro atoms. The Labute approximate surface area is 116 Å². The fourth-order valence-corrected chi connectivity index (χ4v) is 2.60. The number of nitrogens with zero attached hydrogens (tertiary/aromatic N) is 3. The van der Waals surface area contributed by atoms with Gasteiger partial charge in [-0.25, -0.2) is 0 Å². The van der Waals surface area contributed by atoms with Crippen LogP contribution in [0.1, 0.15) is 31.2 Å². The van der Waals surface area contributed by atoms with Crippen molar-refractivity contribution in [1.82, 2.24) is 14.7 Å². The lowest BCUT2D eigenvalue weighted by molar-refractivity contribution is -0.133. The van der Waals surface area contributed by atoms with Crippen LogP contribution in [0.25, 0.3) is 0 Å². The summed E-state index contributed by atoms with van der Waals surface area (Å²) in [6.07, 6.45) is 2.24. The minimum atomic E-state index is 0.181. The molecule has 0 radical (unpaired) electrons. The van der Waals surface area contributed by atoms with Gasteiger partial charge < -0.3 is 4.90 Å². The van der Waals surface area contributed by atoms with E-state index in [-0.39, 0.29) is 5.91 Å². The highest BCUT2D eigenvalue weighted by molar-refractivity contribution is 9.10. The molecule has 1 fully saturated rings. The molecule has 2 rings (SSSR count). The van der Waals surface area contributed by atoms with E-state index in [1.807, 2.05) is 18.7 Å². The van der Waals surface area contributed by atoms with Crippen LogP contribution in [0.3, 0.4) is 0 Å². The Balaban J connectivity index is 2.01. The van der Waals surface area contributed by atoms with Crippen molar-refractivity contribution < 1.29 is 4.79 Å². The van der Waals surface area contributed by atoms with Gasteiger partial charge in [0.1, 0.15) is 6.54 Å². The number of hydrogen-bond donors (Lipinski definition) is 0. The second-order valence-electron chi connectivity index (χ2n) is 5.21. The van der Waals surface area contributed by atoms with Crippen molar-refractivity contribution in [3.63, 3.8) is 0 Å². The monoisotopic (exact) mass is 313 g/mol. The third kappa shape index (κ3) is 2.76. The number of hydrogen-bond acceptors (Lipinski definition) is 2. The van der Waals surface area contributed by atoms with Crippen molar-refractivity contribution >= 4 is 21.8 Å². The van der Waals surface area contributed by atoms with E-state index in [2.05, 4.69) is 28.0 Å². The van der Waals surface area contributed by atoms with Gasteiger partial charge in [0, 0.05) is 13.1 Å². The number of rotatable bonds is 2. The predicted molar refractivity (Wildman–Crippen MR) is 74.4 cm³/mol. The van der Waals surface area contributed by atoms with E-state index in [0.717, 1.165) is 47.7 Å². The van der Waals surface area contributed by atoms with Gasteiger partial charge >= 0.3 is 0 Å². The zero-order valence-corrected chi connectivity index (χ0v) is 12.8. The summed E-state index contributed by atoms with van der Waals surface area (Å²) in [7, 11) is 0. The maximum atomic E-state index is 12.2. The number of aryl methyl sites for hydroxylation is 1. The van der Waals surface area contributed by atoms with E-state index in [0.29, 0.717) is 6.54 Å². The fourth-order valence-electron chi connectivity index (χ4n) is 2.32. The Morgan fingerprint density at radius 1 is 1.39 bits per heavy atom. The summed E-state index contributed by atoms with van der Waals surface area (Å²) < 4.78 is 2.79. The summed E-state index contributed by atoms with van der Waals surface area (Å²) >= 11 is 3.49. The fraction of sp³-hybridized carbons (Fsp3) is 0.692. The van der Waals surface area contributed by atoms with E-state index in [1.165, 1.54) is 0 Å². The first-order valence-corrected chi connectivity index (χ1v) is 7.25. The van der Waals surface area contributed by atoms with Crippen molar-refractivity contribution in [1.29, 1.82) is 0 Å². The lowest BCUT2D eigenvalue weighted by atomic mass is 9.99. The quantitative estimate of drug-likeness (QED) is 0.841. The van der Waals surface area contributed by atoms with Crippen molar-refractivity contribution in [2.75, 3.05) is 13.1 Å². The zero-order chi connectivity index (χ0) is 13.3. The molecule has 1 aromatic rings. The topological polar surface area (TPSA) is 38.1 Å². The Morgan fingerprint density at radius 2 is 2.00 bits per heavy atom. The van der Waals surface area contributed by atoms with Crippen LogP contribution in [0.4, 0.5) is 0 Å². The first-order chi connectivity index (χ1) is 8.49. The van der Waals surface area contributed by atoms with Crippen LogP contribution in [-0.4, -0.2) is 33.7 Å². The van der Waals surface area contributed by atoms with Gasteiger partial charge in [-0.05, 0) is 48.5 Å². The zero-order valence-electron chi connectivity index (χ0n) is 11.2. The van der Waals surface area contributed by atoms with Crippen molar-refractivity contribution in [2.24, 2.45) is 5.92 Å². The number of carbonyl (C=O) groups excluding carboxylic acids is 1. The molecule has 1 aliphatic rings. The van der Waals surface area contributed by atoms with Gasteiger partial charge in [0.25, 0.3) is 0 Å². The molecule has 0 aromatic carbocycles. The molecule has 0 N–H and O–H groups in total. The number of aromatic nitrogens is 2. The molecule has 5 heteroatoms. The Morgan fingerprint density at radius 3 is 2.50 bits per heavy atom. The predicted octanol–water partition coefficient (Wildman–Crippen LogP) is 2.52. The van der Waals surface area contributed by atoms with E-state index in [1.54, 1.807) is 4.68 Å². The summed E-state index contributed by atoms with van der Waals surface area (Å²) in [5.41, 5.74) is 1.96. The molecule has 100 valence electrons. The van der Waals surface area contributed by atoms with Crippen LogP contribution >= 0.6 is 15.9 Å². The Kier molecular flexibility index (Phi) is 4.10. The first-order valence-electron chi connectivity index (χ1n) is 6.46. The van der Waals surface area contributed by atoms with Gasteiger partial charge in [-0.15, -0.1) is 0 Å². The van der Waals surface area contributed by atoms with E-state index in [4.69, 9.17) is 0 Å². The highest BCUT2D eigenvalue weighted by Gasteiger charge is 2.21. The van der Waals surface area contributed by atoms with Crippen molar-refractivity contribution in [2.45, 2.75) is 40.2 Å². The van der Waals surface area contributed by atoms with Crippen molar-refractivity contribution in [3.8, 4) is 0 Å². The number of amides is 1. The molecule has 0 atom stereocenters. The average molecular weight is 314 g/mol. The van der Waals surface area contributed by atoms with Gasteiger partial charge in [-0.3, -0.25) is 9.48 Å². The normalized spacial score (nSPS) is 17.2. The Bertz CT molecular complexity index is 447. The molecule has 0 unspecified atom stereocenters. The summed E-state index contributed by atoms with van der Waals surface area (Å²) in [4.78, 5) is 14.2. The summed E-state index contributed by atoms with van der Waals surface area (Å²) in [5, 5.41) is 4.38. The van der Waals surface area contributed by atoms with Crippen LogP contribution in [0, 0.1) is 19.8 Å². The minimum Gasteiger partial charge on any atom is -0.341 e. The largest absolute Gasteiger partial charge is 0.341 e. The molecule has 1 aliphatic heterocycles. The number of piperidine rings is 1. The smallest absolute Gasteiger partial charge is 0.244 e. The van der Waals surface area contributed by atoms with Gasteiger partial charge in [-0.1, -0.05) is 6.92 Å². The van der Waals surface area contributed by atoms with Crippen molar-refractivity contribution in [3.05, 3.63) is 15.9 Å². The molecule has 0 aliphatic carbocycles. The molecule has 4 nitrogen and oxygen atoms in total. The first kappa shape index (κ1) is 13.6. The minimum absolute atomic E-state index is 0.181. The van der Waals surface area contributed by atoms with Crippen LogP contribution in [0.2, 0.25) is 0 Å². The molecule has 18 heavy (non-hydrogen) atoms. The maximum absolute atomic E-state index is 12.2. The van der Waals surface area contributed by atoms with Gasteiger partial charge in [-0.2, -0.15) is 5.10 Å². The third-order valence-corrected chi connectivity index (χ3v) is 4.86. The van der Waals surface area contributed by atoms with Crippen LogP contribution in [0.5, 0.6) is 0 Å². The average Bonchev–Trinajstić information content (AvgIpc) is 2.58. The Hall–Kier alpha value is -0.840. The van der Waals surface area contributed by atoms with E-state index in [9.17, 15) is 4.79 Å². The SMILES string of the molecule is Cc1nn(CC(=O)N2CCC(C)CC2)c(C)c1Br. The third-order valence-electron chi connectivity index (χ3n) is 3.71. The van der Waals surface area contributed by atoms with Crippen LogP contribution in [0.15, 0.2) is 4.47 Å². The van der Waals surface area contributed by atoms with E-state index < -0.39 is 0 Å². The van der Waals surface area contributed by atoms with Crippen LogP contribution < -0.4 is 0 Å². The summed E-state index contributed by atoms with van der Waals surface area (Å²) in [6.45, 7) is 8.31. The highest BCUT2D eigenvalue weighted by Crippen LogP contribution is 2.20. The standard InChI is InChI=1S/C13H20BrN3O/c1-9-4-6-16(7-5-9)12(18)8-17-11(3)13(14)10(2)15-17/h9H,4-8H2,1-3H3. The van der Waals surface area contributed by atoms with Crippen LogP contribution in [-0.2, 0) is 11.3 Å². The van der Waals surface area contributed by atoms with Gasteiger partial charge in [0.05, 0.1) is 15.9 Å². The molecular formula is C13H20BrN3O. The molecule has 0 saturated carbocycles. The molecule has 1 amide bonds. The molecule has 0 bridgehead atoms. The van der Waals surface area contributed by atoms with Gasteiger partial charge in [0.15, 0.2) is 0 Å². The lowest BCUT2D eigenvalue weighted by Gasteiger charge is -2.30. The molecular weight excluding hydrogens is 294 g/mol.